The molecule has 5 nitrogen and oxygen atoms in total. The summed E-state index contributed by atoms with van der Waals surface area (Å²) in [5, 5.41) is 5.14. The lowest BCUT2D eigenvalue weighted by atomic mass is 10.0. The van der Waals surface area contributed by atoms with E-state index in [0.29, 0.717) is 17.0 Å². The first-order chi connectivity index (χ1) is 11.7. The van der Waals surface area contributed by atoms with E-state index < -0.39 is 10.0 Å². The van der Waals surface area contributed by atoms with Gasteiger partial charge in [0.25, 0.3) is 0 Å². The number of nitrogens with zero attached hydrogens (tertiary/aromatic N) is 1. The van der Waals surface area contributed by atoms with Gasteiger partial charge in [-0.1, -0.05) is 26.0 Å². The van der Waals surface area contributed by atoms with E-state index in [2.05, 4.69) is 18.8 Å². The van der Waals surface area contributed by atoms with E-state index in [-0.39, 0.29) is 28.0 Å². The maximum atomic E-state index is 13.3. The molecule has 1 aliphatic carbocycles. The van der Waals surface area contributed by atoms with E-state index >= 15 is 0 Å². The lowest BCUT2D eigenvalue weighted by Crippen LogP contribution is -2.11. The highest BCUT2D eigenvalue weighted by Crippen LogP contribution is 2.69. The number of primary sulfonamides is 1. The van der Waals surface area contributed by atoms with Gasteiger partial charge in [-0.15, -0.1) is 0 Å². The second-order valence-corrected chi connectivity index (χ2v) is 8.62. The standard InChI is InChI=1S/C18H17FN2O3S/c1-18(2)15(10-3-6-12(7-4-10)25(20,22)23)16(18)17-21-13-8-5-11(19)9-14(13)24-17/h3-9,15-16H,1-2H3,(H2,20,22,23)/t15-,16+/m1/s1. The third-order valence-electron chi connectivity index (χ3n) is 5.03. The third kappa shape index (κ3) is 2.63. The van der Waals surface area contributed by atoms with Gasteiger partial charge in [-0.3, -0.25) is 0 Å². The molecule has 2 aromatic carbocycles. The van der Waals surface area contributed by atoms with Crippen LogP contribution in [0, 0.1) is 11.2 Å². The fourth-order valence-corrected chi connectivity index (χ4v) is 4.15. The molecular weight excluding hydrogens is 343 g/mol. The van der Waals surface area contributed by atoms with Crippen molar-refractivity contribution in [2.24, 2.45) is 10.6 Å². The Hall–Kier alpha value is -2.25. The van der Waals surface area contributed by atoms with Crippen molar-refractivity contribution in [3.05, 3.63) is 59.7 Å². The van der Waals surface area contributed by atoms with Crippen LogP contribution in [0.1, 0.15) is 37.1 Å². The topological polar surface area (TPSA) is 86.2 Å². The molecule has 0 spiro atoms. The molecule has 7 heteroatoms. The first-order valence-corrected chi connectivity index (χ1v) is 9.41. The highest BCUT2D eigenvalue weighted by molar-refractivity contribution is 7.89. The number of nitrogens with two attached hydrogens (primary N) is 1. The van der Waals surface area contributed by atoms with E-state index in [1.807, 2.05) is 0 Å². The number of fused-ring (bicyclic) bond motifs is 1. The maximum Gasteiger partial charge on any atom is 0.238 e. The molecule has 0 unspecified atom stereocenters. The van der Waals surface area contributed by atoms with E-state index in [4.69, 9.17) is 9.56 Å². The van der Waals surface area contributed by atoms with Crippen LogP contribution < -0.4 is 5.14 Å². The van der Waals surface area contributed by atoms with Crippen molar-refractivity contribution in [3.63, 3.8) is 0 Å². The largest absolute Gasteiger partial charge is 0.440 e. The SMILES string of the molecule is CC1(C)[C@H](c2ccc(S(N)(=O)=O)cc2)[C@H]1c1nc2ccc(F)cc2o1. The molecule has 0 radical (unpaired) electrons. The summed E-state index contributed by atoms with van der Waals surface area (Å²) >= 11 is 0. The highest BCUT2D eigenvalue weighted by Gasteiger charge is 2.61. The molecule has 2 N–H and O–H groups in total. The molecular formula is C18H17FN2O3S. The van der Waals surface area contributed by atoms with Gasteiger partial charge >= 0.3 is 0 Å². The van der Waals surface area contributed by atoms with Crippen molar-refractivity contribution in [2.75, 3.05) is 0 Å². The van der Waals surface area contributed by atoms with E-state index in [1.165, 1.54) is 24.3 Å². The van der Waals surface area contributed by atoms with Crippen molar-refractivity contribution >= 4 is 21.1 Å². The summed E-state index contributed by atoms with van der Waals surface area (Å²) in [4.78, 5) is 4.58. The number of oxazole rings is 1. The number of halogens is 1. The number of rotatable bonds is 3. The average Bonchev–Trinajstić information content (AvgIpc) is 2.89. The quantitative estimate of drug-likeness (QED) is 0.774. The van der Waals surface area contributed by atoms with Gasteiger partial charge in [0.2, 0.25) is 10.0 Å². The third-order valence-corrected chi connectivity index (χ3v) is 5.96. The second kappa shape index (κ2) is 5.12. The Morgan fingerprint density at radius 1 is 1.12 bits per heavy atom. The first-order valence-electron chi connectivity index (χ1n) is 7.87. The predicted octanol–water partition coefficient (Wildman–Crippen LogP) is 3.52. The molecule has 4 rings (SSSR count). The molecule has 25 heavy (non-hydrogen) atoms. The molecule has 0 saturated heterocycles. The van der Waals surface area contributed by atoms with Crippen LogP contribution in [-0.4, -0.2) is 13.4 Å². The summed E-state index contributed by atoms with van der Waals surface area (Å²) in [7, 11) is -3.71. The minimum atomic E-state index is -3.71. The van der Waals surface area contributed by atoms with Gasteiger partial charge in [0.1, 0.15) is 11.3 Å². The smallest absolute Gasteiger partial charge is 0.238 e. The van der Waals surface area contributed by atoms with Crippen LogP contribution >= 0.6 is 0 Å². The summed E-state index contributed by atoms with van der Waals surface area (Å²) in [6.45, 7) is 4.21. The molecule has 1 saturated carbocycles. The van der Waals surface area contributed by atoms with Crippen LogP contribution in [0.2, 0.25) is 0 Å². The second-order valence-electron chi connectivity index (χ2n) is 7.05. The molecule has 1 fully saturated rings. The number of hydrogen-bond donors (Lipinski definition) is 1. The van der Waals surface area contributed by atoms with Gasteiger partial charge in [-0.25, -0.2) is 22.9 Å². The van der Waals surface area contributed by atoms with Crippen molar-refractivity contribution < 1.29 is 17.2 Å². The Kier molecular flexibility index (Phi) is 3.33. The Balaban J connectivity index is 1.69. The Labute approximate surface area is 144 Å². The fraction of sp³-hybridized carbons (Fsp3) is 0.278. The zero-order chi connectivity index (χ0) is 18.0. The van der Waals surface area contributed by atoms with Crippen LogP contribution in [0.5, 0.6) is 0 Å². The predicted molar refractivity (Wildman–Crippen MR) is 91.0 cm³/mol. The Morgan fingerprint density at radius 3 is 2.44 bits per heavy atom. The van der Waals surface area contributed by atoms with E-state index in [9.17, 15) is 12.8 Å². The molecule has 1 aromatic heterocycles. The molecule has 3 aromatic rings. The summed E-state index contributed by atoms with van der Waals surface area (Å²) in [5.74, 6) is 0.398. The summed E-state index contributed by atoms with van der Waals surface area (Å²) in [6, 6.07) is 10.9. The van der Waals surface area contributed by atoms with Gasteiger partial charge in [0, 0.05) is 17.9 Å². The zero-order valence-electron chi connectivity index (χ0n) is 13.7. The highest BCUT2D eigenvalue weighted by atomic mass is 32.2. The van der Waals surface area contributed by atoms with Gasteiger partial charge in [0.15, 0.2) is 11.5 Å². The lowest BCUT2D eigenvalue weighted by molar-refractivity contribution is 0.492. The van der Waals surface area contributed by atoms with Crippen LogP contribution in [0.15, 0.2) is 51.8 Å². The molecule has 1 aliphatic rings. The Bertz CT molecular complexity index is 1070. The van der Waals surface area contributed by atoms with Crippen LogP contribution in [0.4, 0.5) is 4.39 Å². The minimum absolute atomic E-state index is 0.0447. The van der Waals surface area contributed by atoms with Crippen LogP contribution in [0.3, 0.4) is 0 Å². The van der Waals surface area contributed by atoms with Crippen molar-refractivity contribution in [2.45, 2.75) is 30.6 Å². The van der Waals surface area contributed by atoms with Gasteiger partial charge in [0.05, 0.1) is 4.90 Å². The van der Waals surface area contributed by atoms with Crippen molar-refractivity contribution in [1.29, 1.82) is 0 Å². The fourth-order valence-electron chi connectivity index (χ4n) is 3.63. The zero-order valence-corrected chi connectivity index (χ0v) is 14.5. The van der Waals surface area contributed by atoms with Crippen molar-refractivity contribution in [1.82, 2.24) is 4.98 Å². The summed E-state index contributed by atoms with van der Waals surface area (Å²) < 4.78 is 41.9. The van der Waals surface area contributed by atoms with Gasteiger partial charge in [-0.2, -0.15) is 0 Å². The van der Waals surface area contributed by atoms with Crippen LogP contribution in [-0.2, 0) is 10.0 Å². The summed E-state index contributed by atoms with van der Waals surface area (Å²) in [6.07, 6.45) is 0. The molecule has 130 valence electrons. The molecule has 0 bridgehead atoms. The van der Waals surface area contributed by atoms with E-state index in [0.717, 1.165) is 5.56 Å². The van der Waals surface area contributed by atoms with Gasteiger partial charge < -0.3 is 4.42 Å². The van der Waals surface area contributed by atoms with E-state index in [1.54, 1.807) is 18.2 Å². The average molecular weight is 360 g/mol. The Morgan fingerprint density at radius 2 is 1.80 bits per heavy atom. The molecule has 2 atom stereocenters. The lowest BCUT2D eigenvalue weighted by Gasteiger charge is -2.04. The maximum absolute atomic E-state index is 13.3. The number of hydrogen-bond acceptors (Lipinski definition) is 4. The minimum Gasteiger partial charge on any atom is -0.440 e. The number of aromatic nitrogens is 1. The normalized spacial score (nSPS) is 22.2. The molecule has 1 heterocycles. The number of benzene rings is 2. The number of sulfonamides is 1. The summed E-state index contributed by atoms with van der Waals surface area (Å²) in [5.41, 5.74) is 1.96. The van der Waals surface area contributed by atoms with Gasteiger partial charge in [-0.05, 0) is 35.2 Å². The van der Waals surface area contributed by atoms with Crippen LogP contribution in [0.25, 0.3) is 11.1 Å². The monoisotopic (exact) mass is 360 g/mol. The first kappa shape index (κ1) is 16.2. The molecule has 0 aliphatic heterocycles. The molecule has 0 amide bonds. The van der Waals surface area contributed by atoms with Crippen molar-refractivity contribution in [3.8, 4) is 0 Å².